The van der Waals surface area contributed by atoms with E-state index in [4.69, 9.17) is 5.73 Å². The van der Waals surface area contributed by atoms with Gasteiger partial charge in [0.1, 0.15) is 0 Å². The van der Waals surface area contributed by atoms with E-state index in [1.807, 2.05) is 0 Å². The van der Waals surface area contributed by atoms with Gasteiger partial charge in [0, 0.05) is 22.9 Å². The minimum Gasteiger partial charge on any atom is -0.366 e. The molecule has 2 rings (SSSR count). The molecule has 1 amide bonds. The van der Waals surface area contributed by atoms with Gasteiger partial charge in [-0.3, -0.25) is 9.78 Å². The summed E-state index contributed by atoms with van der Waals surface area (Å²) in [5.74, 6) is -0.616. The molecule has 0 aliphatic carbocycles. The molecular weight excluding hydrogens is 238 g/mol. The van der Waals surface area contributed by atoms with E-state index in [0.29, 0.717) is 11.3 Å². The van der Waals surface area contributed by atoms with Crippen LogP contribution in [0, 0.1) is 0 Å². The average molecular weight is 248 g/mol. The molecular formula is C13H10F2N2O. The lowest BCUT2D eigenvalue weighted by Crippen LogP contribution is -2.12. The SMILES string of the molecule is NC(=O)c1ccccc1-c1cc(C(F)F)ccn1. The minimum absolute atomic E-state index is 0.140. The number of alkyl halides is 2. The summed E-state index contributed by atoms with van der Waals surface area (Å²) in [7, 11) is 0. The van der Waals surface area contributed by atoms with Crippen molar-refractivity contribution in [2.75, 3.05) is 0 Å². The fraction of sp³-hybridized carbons (Fsp3) is 0.0769. The van der Waals surface area contributed by atoms with Gasteiger partial charge in [0.2, 0.25) is 5.91 Å². The van der Waals surface area contributed by atoms with Gasteiger partial charge >= 0.3 is 0 Å². The number of nitrogens with two attached hydrogens (primary N) is 1. The van der Waals surface area contributed by atoms with Crippen molar-refractivity contribution in [1.29, 1.82) is 0 Å². The van der Waals surface area contributed by atoms with E-state index in [-0.39, 0.29) is 11.1 Å². The number of aromatic nitrogens is 1. The predicted molar refractivity (Wildman–Crippen MR) is 63.1 cm³/mol. The molecule has 0 unspecified atom stereocenters. The highest BCUT2D eigenvalue weighted by molar-refractivity contribution is 5.99. The molecule has 5 heteroatoms. The zero-order valence-corrected chi connectivity index (χ0v) is 9.31. The summed E-state index contributed by atoms with van der Waals surface area (Å²) in [5.41, 5.74) is 6.11. The number of pyridine rings is 1. The Kier molecular flexibility index (Phi) is 3.32. The van der Waals surface area contributed by atoms with Gasteiger partial charge in [0.05, 0.1) is 5.69 Å². The Morgan fingerprint density at radius 2 is 1.94 bits per heavy atom. The lowest BCUT2D eigenvalue weighted by molar-refractivity contribution is 0.100. The van der Waals surface area contributed by atoms with Gasteiger partial charge in [-0.2, -0.15) is 0 Å². The van der Waals surface area contributed by atoms with E-state index >= 15 is 0 Å². The molecule has 0 saturated heterocycles. The molecule has 0 aliphatic rings. The maximum Gasteiger partial charge on any atom is 0.263 e. The van der Waals surface area contributed by atoms with Crippen LogP contribution in [0.3, 0.4) is 0 Å². The van der Waals surface area contributed by atoms with Gasteiger partial charge in [-0.15, -0.1) is 0 Å². The van der Waals surface area contributed by atoms with Crippen LogP contribution in [0.4, 0.5) is 8.78 Å². The minimum atomic E-state index is -2.58. The third kappa shape index (κ3) is 2.34. The van der Waals surface area contributed by atoms with Crippen LogP contribution in [0.1, 0.15) is 22.3 Å². The lowest BCUT2D eigenvalue weighted by atomic mass is 10.0. The third-order valence-electron chi connectivity index (χ3n) is 2.50. The smallest absolute Gasteiger partial charge is 0.263 e. The van der Waals surface area contributed by atoms with Crippen LogP contribution in [0.15, 0.2) is 42.6 Å². The Morgan fingerprint density at radius 3 is 2.61 bits per heavy atom. The summed E-state index contributed by atoms with van der Waals surface area (Å²) in [6.07, 6.45) is -1.29. The standard InChI is InChI=1S/C13H10F2N2O/c14-12(15)8-5-6-17-11(7-8)9-3-1-2-4-10(9)13(16)18/h1-7,12H,(H2,16,18). The second kappa shape index (κ2) is 4.91. The highest BCUT2D eigenvalue weighted by Gasteiger charge is 2.13. The van der Waals surface area contributed by atoms with Gasteiger partial charge in [-0.25, -0.2) is 8.78 Å². The number of benzene rings is 1. The second-order valence-electron chi connectivity index (χ2n) is 3.68. The Balaban J connectivity index is 2.55. The number of halogens is 2. The van der Waals surface area contributed by atoms with Gasteiger partial charge in [0.25, 0.3) is 6.43 Å². The summed E-state index contributed by atoms with van der Waals surface area (Å²) >= 11 is 0. The molecule has 2 aromatic rings. The first-order chi connectivity index (χ1) is 8.59. The van der Waals surface area contributed by atoms with Crippen molar-refractivity contribution in [2.24, 2.45) is 5.73 Å². The molecule has 1 aromatic carbocycles. The first kappa shape index (κ1) is 12.2. The van der Waals surface area contributed by atoms with Crippen LogP contribution in [-0.4, -0.2) is 10.9 Å². The largest absolute Gasteiger partial charge is 0.366 e. The Labute approximate surface area is 102 Å². The maximum absolute atomic E-state index is 12.6. The fourth-order valence-corrected chi connectivity index (χ4v) is 1.65. The van der Waals surface area contributed by atoms with Crippen molar-refractivity contribution in [3.8, 4) is 11.3 Å². The van der Waals surface area contributed by atoms with Gasteiger partial charge < -0.3 is 5.73 Å². The summed E-state index contributed by atoms with van der Waals surface area (Å²) in [4.78, 5) is 15.3. The Bertz CT molecular complexity index is 585. The number of nitrogens with zero attached hydrogens (tertiary/aromatic N) is 1. The number of rotatable bonds is 3. The first-order valence-corrected chi connectivity index (χ1v) is 5.23. The Morgan fingerprint density at radius 1 is 1.22 bits per heavy atom. The van der Waals surface area contributed by atoms with Crippen molar-refractivity contribution >= 4 is 5.91 Å². The average Bonchev–Trinajstić information content (AvgIpc) is 2.39. The monoisotopic (exact) mass is 248 g/mol. The molecule has 0 radical (unpaired) electrons. The fourth-order valence-electron chi connectivity index (χ4n) is 1.65. The van der Waals surface area contributed by atoms with Crippen LogP contribution >= 0.6 is 0 Å². The van der Waals surface area contributed by atoms with Crippen LogP contribution in [0.25, 0.3) is 11.3 Å². The van der Waals surface area contributed by atoms with Crippen LogP contribution in [0.5, 0.6) is 0 Å². The number of amides is 1. The van der Waals surface area contributed by atoms with Crippen molar-refractivity contribution in [3.63, 3.8) is 0 Å². The number of hydrogen-bond acceptors (Lipinski definition) is 2. The van der Waals surface area contributed by atoms with E-state index in [1.54, 1.807) is 18.2 Å². The van der Waals surface area contributed by atoms with E-state index in [2.05, 4.69) is 4.98 Å². The maximum atomic E-state index is 12.6. The highest BCUT2D eigenvalue weighted by Crippen LogP contribution is 2.25. The van der Waals surface area contributed by atoms with Crippen LogP contribution in [0.2, 0.25) is 0 Å². The predicted octanol–water partition coefficient (Wildman–Crippen LogP) is 2.79. The summed E-state index contributed by atoms with van der Waals surface area (Å²) < 4.78 is 25.2. The molecule has 3 nitrogen and oxygen atoms in total. The molecule has 18 heavy (non-hydrogen) atoms. The second-order valence-corrected chi connectivity index (χ2v) is 3.68. The quantitative estimate of drug-likeness (QED) is 0.907. The molecule has 1 aromatic heterocycles. The molecule has 0 bridgehead atoms. The number of hydrogen-bond donors (Lipinski definition) is 1. The molecule has 2 N–H and O–H groups in total. The molecule has 0 saturated carbocycles. The van der Waals surface area contributed by atoms with E-state index < -0.39 is 12.3 Å². The lowest BCUT2D eigenvalue weighted by Gasteiger charge is -2.07. The summed E-state index contributed by atoms with van der Waals surface area (Å²) in [6.45, 7) is 0. The van der Waals surface area contributed by atoms with Crippen molar-refractivity contribution in [2.45, 2.75) is 6.43 Å². The first-order valence-electron chi connectivity index (χ1n) is 5.23. The molecule has 0 atom stereocenters. The molecule has 92 valence electrons. The molecule has 0 spiro atoms. The van der Waals surface area contributed by atoms with E-state index in [9.17, 15) is 13.6 Å². The number of primary amides is 1. The third-order valence-corrected chi connectivity index (χ3v) is 2.50. The van der Waals surface area contributed by atoms with Crippen molar-refractivity contribution in [3.05, 3.63) is 53.7 Å². The topological polar surface area (TPSA) is 56.0 Å². The summed E-state index contributed by atoms with van der Waals surface area (Å²) in [5, 5.41) is 0. The van der Waals surface area contributed by atoms with Gasteiger partial charge in [-0.05, 0) is 18.2 Å². The van der Waals surface area contributed by atoms with Gasteiger partial charge in [-0.1, -0.05) is 18.2 Å². The zero-order chi connectivity index (χ0) is 13.1. The van der Waals surface area contributed by atoms with E-state index in [1.165, 1.54) is 24.4 Å². The van der Waals surface area contributed by atoms with Crippen molar-refractivity contribution in [1.82, 2.24) is 4.98 Å². The molecule has 0 aliphatic heterocycles. The number of carbonyl (C=O) groups excluding carboxylic acids is 1. The zero-order valence-electron chi connectivity index (χ0n) is 9.31. The molecule has 1 heterocycles. The van der Waals surface area contributed by atoms with Crippen LogP contribution in [-0.2, 0) is 0 Å². The van der Waals surface area contributed by atoms with Crippen LogP contribution < -0.4 is 5.73 Å². The van der Waals surface area contributed by atoms with E-state index in [0.717, 1.165) is 0 Å². The number of carbonyl (C=O) groups is 1. The van der Waals surface area contributed by atoms with Crippen molar-refractivity contribution < 1.29 is 13.6 Å². The molecule has 0 fully saturated rings. The highest BCUT2D eigenvalue weighted by atomic mass is 19.3. The van der Waals surface area contributed by atoms with Gasteiger partial charge in [0.15, 0.2) is 0 Å². The summed E-state index contributed by atoms with van der Waals surface area (Å²) in [6, 6.07) is 9.00. The normalized spacial score (nSPS) is 10.6. The Hall–Kier alpha value is -2.30.